The lowest BCUT2D eigenvalue weighted by atomic mass is 10.2. The van der Waals surface area contributed by atoms with Crippen LogP contribution < -0.4 is 9.64 Å². The molecular formula is C19H21F2N5O. The maximum absolute atomic E-state index is 12.2. The first kappa shape index (κ1) is 17.7. The number of aromatic nitrogens is 3. The van der Waals surface area contributed by atoms with Gasteiger partial charge in [-0.25, -0.2) is 4.98 Å². The van der Waals surface area contributed by atoms with Crippen molar-refractivity contribution in [2.75, 3.05) is 31.1 Å². The zero-order chi connectivity index (χ0) is 18.8. The number of hydrogen-bond donors (Lipinski definition) is 0. The maximum atomic E-state index is 12.2. The number of aryl methyl sites for hydroxylation is 1. The van der Waals surface area contributed by atoms with Gasteiger partial charge >= 0.3 is 6.61 Å². The lowest BCUT2D eigenvalue weighted by Gasteiger charge is -2.36. The van der Waals surface area contributed by atoms with E-state index in [9.17, 15) is 8.78 Å². The molecule has 2 aromatic heterocycles. The summed E-state index contributed by atoms with van der Waals surface area (Å²) in [6, 6.07) is 10.8. The van der Waals surface area contributed by atoms with Crippen LogP contribution in [0.3, 0.4) is 0 Å². The van der Waals surface area contributed by atoms with Gasteiger partial charge in [-0.2, -0.15) is 18.4 Å². The Morgan fingerprint density at radius 1 is 1.07 bits per heavy atom. The fraction of sp³-hybridized carbons (Fsp3) is 0.368. The molecule has 0 spiro atoms. The lowest BCUT2D eigenvalue weighted by Crippen LogP contribution is -2.46. The van der Waals surface area contributed by atoms with E-state index < -0.39 is 6.61 Å². The van der Waals surface area contributed by atoms with Crippen molar-refractivity contribution in [1.29, 1.82) is 0 Å². The summed E-state index contributed by atoms with van der Waals surface area (Å²) in [7, 11) is 0. The molecule has 0 atom stereocenters. The molecule has 0 unspecified atom stereocenters. The van der Waals surface area contributed by atoms with Gasteiger partial charge < -0.3 is 9.64 Å². The van der Waals surface area contributed by atoms with Crippen LogP contribution in [0, 0.1) is 6.92 Å². The molecular weight excluding hydrogens is 352 g/mol. The van der Waals surface area contributed by atoms with Gasteiger partial charge in [0.2, 0.25) is 0 Å². The number of ether oxygens (including phenoxy) is 1. The Labute approximate surface area is 156 Å². The molecule has 4 rings (SSSR count). The Balaban J connectivity index is 1.38. The third kappa shape index (κ3) is 4.00. The number of anilines is 1. The van der Waals surface area contributed by atoms with Crippen LogP contribution in [-0.2, 0) is 6.54 Å². The average molecular weight is 373 g/mol. The van der Waals surface area contributed by atoms with Crippen molar-refractivity contribution in [3.8, 4) is 5.75 Å². The molecule has 1 aromatic carbocycles. The molecule has 0 radical (unpaired) electrons. The number of halogens is 2. The highest BCUT2D eigenvalue weighted by atomic mass is 19.3. The second-order valence-electron chi connectivity index (χ2n) is 6.64. The largest absolute Gasteiger partial charge is 0.435 e. The van der Waals surface area contributed by atoms with Crippen molar-refractivity contribution in [1.82, 2.24) is 19.5 Å². The van der Waals surface area contributed by atoms with E-state index in [1.54, 1.807) is 18.3 Å². The highest BCUT2D eigenvalue weighted by molar-refractivity contribution is 5.51. The maximum Gasteiger partial charge on any atom is 0.387 e. The van der Waals surface area contributed by atoms with Crippen LogP contribution >= 0.6 is 0 Å². The molecule has 0 bridgehead atoms. The first-order valence-electron chi connectivity index (χ1n) is 8.91. The Morgan fingerprint density at radius 3 is 2.52 bits per heavy atom. The second kappa shape index (κ2) is 7.48. The predicted molar refractivity (Wildman–Crippen MR) is 98.3 cm³/mol. The van der Waals surface area contributed by atoms with E-state index >= 15 is 0 Å². The molecule has 6 nitrogen and oxygen atoms in total. The van der Waals surface area contributed by atoms with Crippen LogP contribution in [0.25, 0.3) is 5.65 Å². The van der Waals surface area contributed by atoms with E-state index in [0.29, 0.717) is 0 Å². The minimum absolute atomic E-state index is 0.190. The van der Waals surface area contributed by atoms with Crippen LogP contribution in [0.15, 0.2) is 42.6 Å². The highest BCUT2D eigenvalue weighted by Gasteiger charge is 2.20. The topological polar surface area (TPSA) is 45.9 Å². The average Bonchev–Trinajstić information content (AvgIpc) is 3.11. The third-order valence-corrected chi connectivity index (χ3v) is 4.72. The summed E-state index contributed by atoms with van der Waals surface area (Å²) < 4.78 is 30.7. The molecule has 1 aliphatic rings. The number of piperazine rings is 1. The van der Waals surface area contributed by atoms with E-state index in [2.05, 4.69) is 30.7 Å². The van der Waals surface area contributed by atoms with Crippen LogP contribution in [0.4, 0.5) is 14.6 Å². The lowest BCUT2D eigenvalue weighted by molar-refractivity contribution is -0.0498. The van der Waals surface area contributed by atoms with Gasteiger partial charge in [-0.05, 0) is 24.6 Å². The van der Waals surface area contributed by atoms with Gasteiger partial charge in [0.25, 0.3) is 0 Å². The molecule has 3 aromatic rings. The van der Waals surface area contributed by atoms with Crippen molar-refractivity contribution < 1.29 is 13.5 Å². The van der Waals surface area contributed by atoms with Crippen LogP contribution in [0.1, 0.15) is 11.3 Å². The van der Waals surface area contributed by atoms with Crippen molar-refractivity contribution in [2.45, 2.75) is 20.1 Å². The quantitative estimate of drug-likeness (QED) is 0.688. The summed E-state index contributed by atoms with van der Waals surface area (Å²) in [6.45, 7) is 3.61. The standard InChI is InChI=1S/C19H21F2N5O/c1-14-12-18(26-17(23-14)6-7-22-26)25-10-8-24(9-11-25)13-15-2-4-16(5-3-15)27-19(20)21/h2-7,12,19H,8-11,13H2,1H3. The molecule has 3 heterocycles. The molecule has 8 heteroatoms. The molecule has 27 heavy (non-hydrogen) atoms. The Morgan fingerprint density at radius 2 is 1.81 bits per heavy atom. The normalized spacial score (nSPS) is 15.6. The molecule has 0 amide bonds. The molecule has 142 valence electrons. The number of benzene rings is 1. The van der Waals surface area contributed by atoms with Gasteiger partial charge in [0.1, 0.15) is 11.6 Å². The fourth-order valence-electron chi connectivity index (χ4n) is 3.41. The van der Waals surface area contributed by atoms with Crippen molar-refractivity contribution in [3.63, 3.8) is 0 Å². The van der Waals surface area contributed by atoms with E-state index in [4.69, 9.17) is 0 Å². The van der Waals surface area contributed by atoms with E-state index in [1.807, 2.05) is 29.6 Å². The van der Waals surface area contributed by atoms with Crippen LogP contribution in [0.2, 0.25) is 0 Å². The molecule has 1 fully saturated rings. The van der Waals surface area contributed by atoms with Gasteiger partial charge in [0, 0.05) is 50.6 Å². The predicted octanol–water partition coefficient (Wildman–Crippen LogP) is 2.96. The minimum Gasteiger partial charge on any atom is -0.435 e. The zero-order valence-electron chi connectivity index (χ0n) is 15.1. The number of hydrogen-bond acceptors (Lipinski definition) is 5. The first-order valence-corrected chi connectivity index (χ1v) is 8.91. The van der Waals surface area contributed by atoms with E-state index in [-0.39, 0.29) is 5.75 Å². The summed E-state index contributed by atoms with van der Waals surface area (Å²) in [5, 5.41) is 4.38. The van der Waals surface area contributed by atoms with Gasteiger partial charge in [-0.1, -0.05) is 12.1 Å². The summed E-state index contributed by atoms with van der Waals surface area (Å²) in [6.07, 6.45) is 1.77. The van der Waals surface area contributed by atoms with E-state index in [0.717, 1.165) is 55.4 Å². The number of alkyl halides is 2. The zero-order valence-corrected chi connectivity index (χ0v) is 15.1. The van der Waals surface area contributed by atoms with Crippen molar-refractivity contribution >= 4 is 11.5 Å². The number of fused-ring (bicyclic) bond motifs is 1. The smallest absolute Gasteiger partial charge is 0.387 e. The monoisotopic (exact) mass is 373 g/mol. The number of rotatable bonds is 5. The summed E-state index contributed by atoms with van der Waals surface area (Å²) >= 11 is 0. The summed E-state index contributed by atoms with van der Waals surface area (Å²) in [5.74, 6) is 1.26. The molecule has 0 aliphatic carbocycles. The SMILES string of the molecule is Cc1cc(N2CCN(Cc3ccc(OC(F)F)cc3)CC2)n2nccc2n1. The first-order chi connectivity index (χ1) is 13.1. The van der Waals surface area contributed by atoms with Gasteiger partial charge in [0.05, 0.1) is 6.20 Å². The third-order valence-electron chi connectivity index (χ3n) is 4.72. The minimum atomic E-state index is -2.79. The Kier molecular flexibility index (Phi) is 4.89. The van der Waals surface area contributed by atoms with Crippen molar-refractivity contribution in [2.24, 2.45) is 0 Å². The number of nitrogens with zero attached hydrogens (tertiary/aromatic N) is 5. The van der Waals surface area contributed by atoms with Gasteiger partial charge in [-0.3, -0.25) is 4.90 Å². The Hall–Kier alpha value is -2.74. The summed E-state index contributed by atoms with van der Waals surface area (Å²) in [4.78, 5) is 9.17. The fourth-order valence-corrected chi connectivity index (χ4v) is 3.41. The van der Waals surface area contributed by atoms with Crippen LogP contribution in [-0.4, -0.2) is 52.3 Å². The molecule has 0 N–H and O–H groups in total. The van der Waals surface area contributed by atoms with E-state index in [1.165, 1.54) is 0 Å². The molecule has 1 saturated heterocycles. The highest BCUT2D eigenvalue weighted by Crippen LogP contribution is 2.20. The van der Waals surface area contributed by atoms with Gasteiger partial charge in [0.15, 0.2) is 5.65 Å². The summed E-state index contributed by atoms with van der Waals surface area (Å²) in [5.41, 5.74) is 2.92. The van der Waals surface area contributed by atoms with Crippen LogP contribution in [0.5, 0.6) is 5.75 Å². The molecule has 1 aliphatic heterocycles. The second-order valence-corrected chi connectivity index (χ2v) is 6.64. The van der Waals surface area contributed by atoms with Crippen molar-refractivity contribution in [3.05, 3.63) is 53.9 Å². The van der Waals surface area contributed by atoms with Gasteiger partial charge in [-0.15, -0.1) is 0 Å². The molecule has 0 saturated carbocycles. The Bertz CT molecular complexity index is 904.